The first kappa shape index (κ1) is 45.7. The zero-order valence-electron chi connectivity index (χ0n) is 31.6. The molecule has 0 aromatic heterocycles. The average Bonchev–Trinajstić information content (AvgIpc) is 3.05. The van der Waals surface area contributed by atoms with Gasteiger partial charge in [-0.05, 0) is 101 Å². The molecule has 5 atom stereocenters. The number of nitrogens with two attached hydrogens (primary N) is 4. The lowest BCUT2D eigenvalue weighted by molar-refractivity contribution is -0.136. The van der Waals surface area contributed by atoms with Gasteiger partial charge in [0.05, 0.1) is 5.54 Å². The van der Waals surface area contributed by atoms with Crippen LogP contribution < -0.4 is 49.5 Å². The molecular weight excluding hydrogens is 670 g/mol. The Morgan fingerprint density at radius 2 is 1.12 bits per heavy atom. The van der Waals surface area contributed by atoms with Gasteiger partial charge >= 0.3 is 0 Å². The van der Waals surface area contributed by atoms with Gasteiger partial charge in [-0.1, -0.05) is 39.8 Å². The Kier molecular flexibility index (Phi) is 19.9. The predicted octanol–water partition coefficient (Wildman–Crippen LogP) is -0.459. The van der Waals surface area contributed by atoms with E-state index in [9.17, 15) is 33.9 Å². The first-order valence-electron chi connectivity index (χ1n) is 18.1. The number of carbonyl (C=O) groups excluding carboxylic acids is 6. The van der Waals surface area contributed by atoms with E-state index in [4.69, 9.17) is 22.9 Å². The minimum atomic E-state index is -1.25. The van der Waals surface area contributed by atoms with Crippen LogP contribution >= 0.6 is 0 Å². The molecular formula is C36H63N9O7. The van der Waals surface area contributed by atoms with Crippen LogP contribution in [-0.2, 0) is 35.2 Å². The van der Waals surface area contributed by atoms with E-state index in [1.165, 1.54) is 26.0 Å². The highest BCUT2D eigenvalue weighted by molar-refractivity contribution is 5.97. The normalized spacial score (nSPS) is 14.4. The lowest BCUT2D eigenvalue weighted by Gasteiger charge is -2.29. The van der Waals surface area contributed by atoms with Crippen LogP contribution in [0.4, 0.5) is 0 Å². The lowest BCUT2D eigenvalue weighted by Crippen LogP contribution is -2.61. The second-order valence-electron chi connectivity index (χ2n) is 14.6. The molecule has 0 heterocycles. The van der Waals surface area contributed by atoms with E-state index in [-0.39, 0.29) is 43.3 Å². The van der Waals surface area contributed by atoms with E-state index in [0.717, 1.165) is 0 Å². The molecule has 6 amide bonds. The van der Waals surface area contributed by atoms with E-state index >= 15 is 0 Å². The summed E-state index contributed by atoms with van der Waals surface area (Å²) in [4.78, 5) is 79.6. The first-order valence-corrected chi connectivity index (χ1v) is 18.1. The fraction of sp³-hybridized carbons (Fsp3) is 0.667. The number of rotatable bonds is 24. The Labute approximate surface area is 307 Å². The fourth-order valence-corrected chi connectivity index (χ4v) is 5.26. The third-order valence-corrected chi connectivity index (χ3v) is 8.36. The largest absolute Gasteiger partial charge is 0.508 e. The summed E-state index contributed by atoms with van der Waals surface area (Å²) >= 11 is 0. The molecule has 14 N–H and O–H groups in total. The van der Waals surface area contributed by atoms with Gasteiger partial charge in [0, 0.05) is 6.42 Å². The molecule has 1 aromatic carbocycles. The maximum absolute atomic E-state index is 13.9. The topological polar surface area (TPSA) is 287 Å². The lowest BCUT2D eigenvalue weighted by atomic mass is 9.99. The Morgan fingerprint density at radius 1 is 0.673 bits per heavy atom. The third-order valence-electron chi connectivity index (χ3n) is 8.36. The predicted molar refractivity (Wildman–Crippen MR) is 199 cm³/mol. The maximum Gasteiger partial charge on any atom is 0.243 e. The molecule has 1 aromatic rings. The number of carbonyl (C=O) groups is 6. The first-order chi connectivity index (χ1) is 24.3. The maximum atomic E-state index is 13.9. The van der Waals surface area contributed by atoms with E-state index in [1.807, 2.05) is 13.8 Å². The number of benzene rings is 1. The molecule has 0 aliphatic rings. The number of phenols is 1. The van der Waals surface area contributed by atoms with Crippen LogP contribution in [0.15, 0.2) is 24.3 Å². The summed E-state index contributed by atoms with van der Waals surface area (Å²) < 4.78 is 0. The zero-order chi connectivity index (χ0) is 39.6. The third kappa shape index (κ3) is 16.8. The van der Waals surface area contributed by atoms with Crippen molar-refractivity contribution in [1.82, 2.24) is 26.6 Å². The fourth-order valence-electron chi connectivity index (χ4n) is 5.26. The summed E-state index contributed by atoms with van der Waals surface area (Å²) in [6.07, 6.45) is 2.71. The van der Waals surface area contributed by atoms with Crippen molar-refractivity contribution >= 4 is 35.4 Å². The summed E-state index contributed by atoms with van der Waals surface area (Å²) in [7, 11) is 0. The molecule has 0 fully saturated rings. The Hall–Kier alpha value is -4.28. The van der Waals surface area contributed by atoms with Crippen LogP contribution in [0, 0.1) is 11.8 Å². The summed E-state index contributed by atoms with van der Waals surface area (Å²) in [6.45, 7) is 11.0. The summed E-state index contributed by atoms with van der Waals surface area (Å²) in [5, 5.41) is 23.3. The van der Waals surface area contributed by atoms with Crippen LogP contribution in [0.2, 0.25) is 0 Å². The number of phenolic OH excluding ortho intramolecular Hbond substituents is 1. The summed E-state index contributed by atoms with van der Waals surface area (Å²) in [5.41, 5.74) is 22.2. The highest BCUT2D eigenvalue weighted by Gasteiger charge is 2.34. The number of primary amides is 1. The Bertz CT molecular complexity index is 1320. The number of aromatic hydroxyl groups is 1. The van der Waals surface area contributed by atoms with Crippen LogP contribution in [0.3, 0.4) is 0 Å². The van der Waals surface area contributed by atoms with Crippen molar-refractivity contribution in [2.45, 2.75) is 129 Å². The van der Waals surface area contributed by atoms with Gasteiger partial charge in [-0.3, -0.25) is 28.8 Å². The molecule has 0 radical (unpaired) electrons. The van der Waals surface area contributed by atoms with Gasteiger partial charge in [-0.25, -0.2) is 0 Å². The van der Waals surface area contributed by atoms with E-state index in [0.29, 0.717) is 44.3 Å². The van der Waals surface area contributed by atoms with Crippen molar-refractivity contribution in [1.29, 1.82) is 0 Å². The smallest absolute Gasteiger partial charge is 0.243 e. The van der Waals surface area contributed by atoms with Crippen molar-refractivity contribution in [2.24, 2.45) is 34.8 Å². The van der Waals surface area contributed by atoms with Crippen molar-refractivity contribution in [3.05, 3.63) is 29.8 Å². The van der Waals surface area contributed by atoms with Gasteiger partial charge in [0.25, 0.3) is 0 Å². The van der Waals surface area contributed by atoms with Crippen molar-refractivity contribution in [2.75, 3.05) is 13.1 Å². The highest BCUT2D eigenvalue weighted by Crippen LogP contribution is 2.14. The van der Waals surface area contributed by atoms with Gasteiger partial charge in [-0.15, -0.1) is 0 Å². The Morgan fingerprint density at radius 3 is 1.54 bits per heavy atom. The van der Waals surface area contributed by atoms with Crippen LogP contribution in [-0.4, -0.2) is 89.4 Å². The standard InChI is InChI=1S/C36H63N9O7/c1-21(2)19-27(30(39)47)43-33(50)28(20-23-13-15-24(46)16-14-23)44-32(49)25(11-7-9-17-37)41-31(48)26(12-8-10-18-38)42-34(51)29(22(3)4)45-35(52)36(5,6)40/h13-16,21-22,25-29,46H,7-12,17-20,37-38,40H2,1-6H3,(H2,39,47)(H,41,48)(H,42,51)(H,43,50)(H,44,49)(H,45,52)/t25-,26-,27-,28-,29-/m0/s1. The molecule has 0 unspecified atom stereocenters. The van der Waals surface area contributed by atoms with E-state index < -0.39 is 71.2 Å². The summed E-state index contributed by atoms with van der Waals surface area (Å²) in [6, 6.07) is 0.678. The van der Waals surface area contributed by atoms with E-state index in [2.05, 4.69) is 26.6 Å². The highest BCUT2D eigenvalue weighted by atomic mass is 16.3. The average molecular weight is 734 g/mol. The molecule has 0 aliphatic carbocycles. The number of unbranched alkanes of at least 4 members (excludes halogenated alkanes) is 2. The molecule has 52 heavy (non-hydrogen) atoms. The quantitative estimate of drug-likeness (QED) is 0.0610. The van der Waals surface area contributed by atoms with Crippen LogP contribution in [0.5, 0.6) is 5.75 Å². The molecule has 0 bridgehead atoms. The van der Waals surface area contributed by atoms with Crippen molar-refractivity contribution < 1.29 is 33.9 Å². The molecule has 16 nitrogen and oxygen atoms in total. The number of hydrogen-bond acceptors (Lipinski definition) is 10. The van der Waals surface area contributed by atoms with Crippen LogP contribution in [0.1, 0.15) is 92.1 Å². The van der Waals surface area contributed by atoms with E-state index in [1.54, 1.807) is 26.0 Å². The van der Waals surface area contributed by atoms with Crippen molar-refractivity contribution in [3.63, 3.8) is 0 Å². The number of amides is 6. The van der Waals surface area contributed by atoms with Crippen molar-refractivity contribution in [3.8, 4) is 5.75 Å². The second kappa shape index (κ2) is 22.6. The zero-order valence-corrected chi connectivity index (χ0v) is 31.6. The monoisotopic (exact) mass is 733 g/mol. The van der Waals surface area contributed by atoms with Gasteiger partial charge in [0.1, 0.15) is 36.0 Å². The molecule has 294 valence electrons. The molecule has 0 saturated heterocycles. The SMILES string of the molecule is CC(C)C[C@H](NC(=O)[C@H](Cc1ccc(O)cc1)NC(=O)[C@H](CCCCN)NC(=O)[C@H](CCCCN)NC(=O)[C@@H](NC(=O)C(C)(C)N)C(C)C)C(N)=O. The molecule has 16 heteroatoms. The molecule has 0 aliphatic heterocycles. The molecule has 0 saturated carbocycles. The van der Waals surface area contributed by atoms with Gasteiger partial charge in [0.2, 0.25) is 35.4 Å². The van der Waals surface area contributed by atoms with Crippen LogP contribution in [0.25, 0.3) is 0 Å². The number of hydrogen-bond donors (Lipinski definition) is 10. The minimum Gasteiger partial charge on any atom is -0.508 e. The van der Waals surface area contributed by atoms with Gasteiger partial charge in [0.15, 0.2) is 0 Å². The molecule has 0 spiro atoms. The summed E-state index contributed by atoms with van der Waals surface area (Å²) in [5.74, 6) is -4.14. The minimum absolute atomic E-state index is 0.00579. The van der Waals surface area contributed by atoms with Gasteiger partial charge < -0.3 is 54.6 Å². The molecule has 1 rings (SSSR count). The second-order valence-corrected chi connectivity index (χ2v) is 14.6. The van der Waals surface area contributed by atoms with Gasteiger partial charge in [-0.2, -0.15) is 0 Å². The number of nitrogens with one attached hydrogen (secondary N) is 5. The Balaban J connectivity index is 3.39.